The molecule has 0 saturated carbocycles. The molecule has 22 heavy (non-hydrogen) atoms. The van der Waals surface area contributed by atoms with Crippen molar-refractivity contribution in [3.05, 3.63) is 0 Å². The SMILES string of the molecule is CC(O)COCCOCCOCCO.O=C(O)CCC(=O)O. The van der Waals surface area contributed by atoms with E-state index in [1.54, 1.807) is 6.92 Å². The zero-order valence-electron chi connectivity index (χ0n) is 12.8. The number of hydrogen-bond donors (Lipinski definition) is 4. The summed E-state index contributed by atoms with van der Waals surface area (Å²) in [5.41, 5.74) is 0. The molecule has 9 heteroatoms. The minimum Gasteiger partial charge on any atom is -0.481 e. The molecule has 0 amide bonds. The second kappa shape index (κ2) is 17.8. The molecule has 4 N–H and O–H groups in total. The molecule has 0 rings (SSSR count). The van der Waals surface area contributed by atoms with Crippen molar-refractivity contribution in [2.75, 3.05) is 46.2 Å². The second-order valence-corrected chi connectivity index (χ2v) is 4.16. The van der Waals surface area contributed by atoms with Crippen LogP contribution < -0.4 is 0 Å². The molecule has 0 heterocycles. The van der Waals surface area contributed by atoms with Gasteiger partial charge in [0.25, 0.3) is 0 Å². The first kappa shape index (κ1) is 23.0. The highest BCUT2D eigenvalue weighted by atomic mass is 16.5. The molecule has 0 bridgehead atoms. The van der Waals surface area contributed by atoms with Crippen molar-refractivity contribution in [2.45, 2.75) is 25.9 Å². The summed E-state index contributed by atoms with van der Waals surface area (Å²) in [5, 5.41) is 33.0. The third-order valence-electron chi connectivity index (χ3n) is 1.89. The average molecular weight is 326 g/mol. The fourth-order valence-corrected chi connectivity index (χ4v) is 0.972. The first-order valence-electron chi connectivity index (χ1n) is 6.85. The van der Waals surface area contributed by atoms with Gasteiger partial charge < -0.3 is 34.6 Å². The summed E-state index contributed by atoms with van der Waals surface area (Å²) in [7, 11) is 0. The van der Waals surface area contributed by atoms with E-state index in [2.05, 4.69) is 0 Å². The maximum atomic E-state index is 9.64. The topological polar surface area (TPSA) is 143 Å². The highest BCUT2D eigenvalue weighted by Gasteiger charge is 2.00. The van der Waals surface area contributed by atoms with Crippen molar-refractivity contribution in [1.82, 2.24) is 0 Å². The van der Waals surface area contributed by atoms with Crippen LogP contribution in [-0.2, 0) is 23.8 Å². The van der Waals surface area contributed by atoms with Crippen LogP contribution in [0, 0.1) is 0 Å². The monoisotopic (exact) mass is 326 g/mol. The number of hydrogen-bond acceptors (Lipinski definition) is 7. The molecule has 0 aliphatic rings. The zero-order chi connectivity index (χ0) is 17.2. The molecular formula is C13H26O9. The fourth-order valence-electron chi connectivity index (χ4n) is 0.972. The zero-order valence-corrected chi connectivity index (χ0v) is 12.8. The number of carboxylic acid groups (broad SMARTS) is 2. The Morgan fingerprint density at radius 3 is 1.64 bits per heavy atom. The molecule has 0 spiro atoms. The van der Waals surface area contributed by atoms with E-state index in [-0.39, 0.29) is 19.4 Å². The third-order valence-corrected chi connectivity index (χ3v) is 1.89. The molecular weight excluding hydrogens is 300 g/mol. The summed E-state index contributed by atoms with van der Waals surface area (Å²) in [6.07, 6.45) is -1.02. The van der Waals surface area contributed by atoms with Crippen molar-refractivity contribution in [3.8, 4) is 0 Å². The minimum absolute atomic E-state index is 0.0392. The van der Waals surface area contributed by atoms with E-state index in [0.717, 1.165) is 0 Å². The Hall–Kier alpha value is -1.26. The van der Waals surface area contributed by atoms with Gasteiger partial charge in [-0.15, -0.1) is 0 Å². The molecule has 1 unspecified atom stereocenters. The Kier molecular flexibility index (Phi) is 18.6. The highest BCUT2D eigenvalue weighted by Crippen LogP contribution is 1.86. The van der Waals surface area contributed by atoms with Crippen molar-refractivity contribution < 1.29 is 44.2 Å². The maximum Gasteiger partial charge on any atom is 0.303 e. The van der Waals surface area contributed by atoms with E-state index in [4.69, 9.17) is 34.6 Å². The van der Waals surface area contributed by atoms with Crippen molar-refractivity contribution in [1.29, 1.82) is 0 Å². The lowest BCUT2D eigenvalue weighted by molar-refractivity contribution is -0.143. The van der Waals surface area contributed by atoms with E-state index in [9.17, 15) is 9.59 Å². The molecule has 0 saturated heterocycles. The summed E-state index contributed by atoms with van der Waals surface area (Å²) in [6.45, 7) is 4.35. The maximum absolute atomic E-state index is 9.64. The molecule has 132 valence electrons. The van der Waals surface area contributed by atoms with Crippen molar-refractivity contribution in [3.63, 3.8) is 0 Å². The lowest BCUT2D eigenvalue weighted by Gasteiger charge is -2.07. The van der Waals surface area contributed by atoms with Gasteiger partial charge in [-0.2, -0.15) is 0 Å². The Morgan fingerprint density at radius 1 is 0.864 bits per heavy atom. The molecule has 0 aromatic rings. The van der Waals surface area contributed by atoms with Gasteiger partial charge in [0.1, 0.15) is 0 Å². The Bertz CT molecular complexity index is 254. The molecule has 0 aromatic heterocycles. The largest absolute Gasteiger partial charge is 0.481 e. The molecule has 0 radical (unpaired) electrons. The van der Waals surface area contributed by atoms with E-state index >= 15 is 0 Å². The first-order valence-corrected chi connectivity index (χ1v) is 6.85. The highest BCUT2D eigenvalue weighted by molar-refractivity contribution is 5.75. The van der Waals surface area contributed by atoms with Crippen LogP contribution in [0.4, 0.5) is 0 Å². The van der Waals surface area contributed by atoms with Crippen LogP contribution in [0.15, 0.2) is 0 Å². The fraction of sp³-hybridized carbons (Fsp3) is 0.846. The van der Waals surface area contributed by atoms with Crippen molar-refractivity contribution >= 4 is 11.9 Å². The predicted octanol–water partition coefficient (Wildman–Crippen LogP) is -0.655. The van der Waals surface area contributed by atoms with Gasteiger partial charge in [-0.25, -0.2) is 0 Å². The van der Waals surface area contributed by atoms with Gasteiger partial charge in [-0.05, 0) is 6.92 Å². The van der Waals surface area contributed by atoms with Gasteiger partial charge in [0, 0.05) is 0 Å². The average Bonchev–Trinajstić information content (AvgIpc) is 2.44. The van der Waals surface area contributed by atoms with Crippen molar-refractivity contribution in [2.24, 2.45) is 0 Å². The van der Waals surface area contributed by atoms with E-state index < -0.39 is 18.0 Å². The molecule has 0 aliphatic carbocycles. The van der Waals surface area contributed by atoms with Gasteiger partial charge in [-0.1, -0.05) is 0 Å². The summed E-state index contributed by atoms with van der Waals surface area (Å²) in [5.74, 6) is -2.15. The first-order chi connectivity index (χ1) is 10.4. The Balaban J connectivity index is 0. The van der Waals surface area contributed by atoms with Crippen LogP contribution in [0.1, 0.15) is 19.8 Å². The molecule has 9 nitrogen and oxygen atoms in total. The van der Waals surface area contributed by atoms with Crippen LogP contribution >= 0.6 is 0 Å². The summed E-state index contributed by atoms with van der Waals surface area (Å²) >= 11 is 0. The normalized spacial score (nSPS) is 11.4. The minimum atomic E-state index is -1.08. The molecule has 0 fully saturated rings. The molecule has 0 aromatic carbocycles. The number of aliphatic hydroxyl groups is 2. The number of carboxylic acids is 2. The number of carbonyl (C=O) groups is 2. The van der Waals surface area contributed by atoms with Crippen LogP contribution in [0.2, 0.25) is 0 Å². The van der Waals surface area contributed by atoms with Crippen LogP contribution in [0.5, 0.6) is 0 Å². The van der Waals surface area contributed by atoms with Gasteiger partial charge >= 0.3 is 11.9 Å². The van der Waals surface area contributed by atoms with Gasteiger partial charge in [0.15, 0.2) is 0 Å². The summed E-state index contributed by atoms with van der Waals surface area (Å²) in [6, 6.07) is 0. The smallest absolute Gasteiger partial charge is 0.303 e. The lowest BCUT2D eigenvalue weighted by Crippen LogP contribution is -2.15. The predicted molar refractivity (Wildman–Crippen MR) is 75.7 cm³/mol. The number of ether oxygens (including phenoxy) is 3. The Morgan fingerprint density at radius 2 is 1.27 bits per heavy atom. The van der Waals surface area contributed by atoms with Gasteiger partial charge in [-0.3, -0.25) is 9.59 Å². The summed E-state index contributed by atoms with van der Waals surface area (Å²) < 4.78 is 15.2. The van der Waals surface area contributed by atoms with E-state index in [0.29, 0.717) is 39.6 Å². The second-order valence-electron chi connectivity index (χ2n) is 4.16. The van der Waals surface area contributed by atoms with Crippen LogP contribution in [-0.4, -0.2) is 84.7 Å². The number of aliphatic hydroxyl groups excluding tert-OH is 2. The third kappa shape index (κ3) is 27.1. The van der Waals surface area contributed by atoms with Gasteiger partial charge in [0.2, 0.25) is 0 Å². The van der Waals surface area contributed by atoms with Gasteiger partial charge in [0.05, 0.1) is 65.2 Å². The summed E-state index contributed by atoms with van der Waals surface area (Å²) in [4.78, 5) is 19.3. The molecule has 0 aliphatic heterocycles. The lowest BCUT2D eigenvalue weighted by atomic mass is 10.3. The van der Waals surface area contributed by atoms with E-state index in [1.165, 1.54) is 0 Å². The van der Waals surface area contributed by atoms with Crippen LogP contribution in [0.25, 0.3) is 0 Å². The molecule has 1 atom stereocenters. The quantitative estimate of drug-likeness (QED) is 0.324. The van der Waals surface area contributed by atoms with E-state index in [1.807, 2.05) is 0 Å². The number of rotatable bonds is 13. The van der Waals surface area contributed by atoms with Crippen LogP contribution in [0.3, 0.4) is 0 Å². The Labute approximate surface area is 129 Å². The number of aliphatic carboxylic acids is 2. The standard InChI is InChI=1S/C9H20O5.C4H6O4/c1-9(11)8-14-7-6-13-5-4-12-3-2-10;5-3(6)1-2-4(7)8/h9-11H,2-8H2,1H3;1-2H2,(H,5,6)(H,7,8).